The number of halogens is 3. The standard InChI is InChI=1S/C17H15ClF2N2O3/c18-14-7-5-12(6-8-14)9-21-16(23)11-24-22-10-13-3-1-2-4-15(13)25-17(19)20/h1-8,10,17H,9,11H2,(H,21,23)/b22-10-. The third-order valence-electron chi connectivity index (χ3n) is 3.00. The van der Waals surface area contributed by atoms with Crippen molar-refractivity contribution < 1.29 is 23.1 Å². The Bertz CT molecular complexity index is 724. The first-order chi connectivity index (χ1) is 12.0. The molecule has 2 rings (SSSR count). The van der Waals surface area contributed by atoms with Gasteiger partial charge in [-0.3, -0.25) is 4.79 Å². The summed E-state index contributed by atoms with van der Waals surface area (Å²) in [5.41, 5.74) is 1.20. The minimum Gasteiger partial charge on any atom is -0.434 e. The van der Waals surface area contributed by atoms with Crippen molar-refractivity contribution in [2.75, 3.05) is 6.61 Å². The summed E-state index contributed by atoms with van der Waals surface area (Å²) in [5.74, 6) is -0.402. The summed E-state index contributed by atoms with van der Waals surface area (Å²) in [6, 6.07) is 13.1. The summed E-state index contributed by atoms with van der Waals surface area (Å²) in [6.07, 6.45) is 1.20. The molecule has 2 aromatic rings. The molecule has 0 saturated carbocycles. The van der Waals surface area contributed by atoms with Crippen molar-refractivity contribution in [3.63, 3.8) is 0 Å². The third-order valence-corrected chi connectivity index (χ3v) is 3.25. The molecule has 0 atom stereocenters. The lowest BCUT2D eigenvalue weighted by Gasteiger charge is -2.07. The molecule has 0 aromatic heterocycles. The van der Waals surface area contributed by atoms with Crippen LogP contribution in [0.25, 0.3) is 0 Å². The van der Waals surface area contributed by atoms with Gasteiger partial charge in [0.15, 0.2) is 6.61 Å². The van der Waals surface area contributed by atoms with Gasteiger partial charge in [0, 0.05) is 17.1 Å². The molecule has 2 aromatic carbocycles. The van der Waals surface area contributed by atoms with E-state index < -0.39 is 6.61 Å². The Morgan fingerprint density at radius 1 is 1.20 bits per heavy atom. The van der Waals surface area contributed by atoms with E-state index in [-0.39, 0.29) is 18.3 Å². The van der Waals surface area contributed by atoms with E-state index in [1.807, 2.05) is 0 Å². The maximum absolute atomic E-state index is 12.3. The van der Waals surface area contributed by atoms with E-state index in [2.05, 4.69) is 15.2 Å². The van der Waals surface area contributed by atoms with Crippen molar-refractivity contribution in [1.29, 1.82) is 0 Å². The second-order valence-electron chi connectivity index (χ2n) is 4.83. The van der Waals surface area contributed by atoms with Crippen LogP contribution in [0.3, 0.4) is 0 Å². The Morgan fingerprint density at radius 2 is 1.92 bits per heavy atom. The van der Waals surface area contributed by atoms with E-state index in [0.717, 1.165) is 5.56 Å². The predicted molar refractivity (Wildman–Crippen MR) is 89.9 cm³/mol. The van der Waals surface area contributed by atoms with Crippen molar-refractivity contribution in [3.05, 3.63) is 64.7 Å². The first kappa shape index (κ1) is 18.7. The fourth-order valence-electron chi connectivity index (χ4n) is 1.83. The van der Waals surface area contributed by atoms with Gasteiger partial charge < -0.3 is 14.9 Å². The van der Waals surface area contributed by atoms with Crippen LogP contribution in [0.5, 0.6) is 5.75 Å². The zero-order chi connectivity index (χ0) is 18.1. The monoisotopic (exact) mass is 368 g/mol. The predicted octanol–water partition coefficient (Wildman–Crippen LogP) is 3.61. The average Bonchev–Trinajstić information content (AvgIpc) is 2.59. The van der Waals surface area contributed by atoms with E-state index in [1.54, 1.807) is 36.4 Å². The third kappa shape index (κ3) is 6.76. The lowest BCUT2D eigenvalue weighted by atomic mass is 10.2. The molecule has 0 aliphatic rings. The summed E-state index contributed by atoms with van der Waals surface area (Å²) in [6.45, 7) is -2.91. The molecular weight excluding hydrogens is 354 g/mol. The Labute approximate surface area is 148 Å². The highest BCUT2D eigenvalue weighted by Crippen LogP contribution is 2.18. The highest BCUT2D eigenvalue weighted by molar-refractivity contribution is 6.30. The summed E-state index contributed by atoms with van der Waals surface area (Å²) < 4.78 is 28.9. The molecule has 1 amide bonds. The van der Waals surface area contributed by atoms with Crippen LogP contribution in [0.1, 0.15) is 11.1 Å². The van der Waals surface area contributed by atoms with Crippen LogP contribution < -0.4 is 10.1 Å². The minimum absolute atomic E-state index is 0.0305. The molecule has 5 nitrogen and oxygen atoms in total. The first-order valence-corrected chi connectivity index (χ1v) is 7.62. The van der Waals surface area contributed by atoms with E-state index in [1.165, 1.54) is 18.3 Å². The van der Waals surface area contributed by atoms with Crippen LogP contribution >= 0.6 is 11.6 Å². The van der Waals surface area contributed by atoms with Gasteiger partial charge in [-0.1, -0.05) is 41.0 Å². The summed E-state index contributed by atoms with van der Waals surface area (Å²) in [5, 5.41) is 6.85. The van der Waals surface area contributed by atoms with Gasteiger partial charge in [-0.15, -0.1) is 0 Å². The Morgan fingerprint density at radius 3 is 2.64 bits per heavy atom. The molecular formula is C17H15ClF2N2O3. The van der Waals surface area contributed by atoms with Gasteiger partial charge in [0.2, 0.25) is 0 Å². The largest absolute Gasteiger partial charge is 0.434 e. The van der Waals surface area contributed by atoms with Crippen molar-refractivity contribution in [3.8, 4) is 5.75 Å². The molecule has 1 N–H and O–H groups in total. The Balaban J connectivity index is 1.77. The number of carbonyl (C=O) groups excluding carboxylic acids is 1. The SMILES string of the molecule is O=C(CO/N=C\c1ccccc1OC(F)F)NCc1ccc(Cl)cc1. The molecule has 0 heterocycles. The average molecular weight is 369 g/mol. The van der Waals surface area contributed by atoms with Crippen LogP contribution in [0.4, 0.5) is 8.78 Å². The molecule has 0 aliphatic carbocycles. The maximum atomic E-state index is 12.3. The molecule has 0 unspecified atom stereocenters. The van der Waals surface area contributed by atoms with E-state index >= 15 is 0 Å². The number of nitrogens with zero attached hydrogens (tertiary/aromatic N) is 1. The topological polar surface area (TPSA) is 59.9 Å². The van der Waals surface area contributed by atoms with Gasteiger partial charge in [-0.25, -0.2) is 0 Å². The molecule has 25 heavy (non-hydrogen) atoms. The van der Waals surface area contributed by atoms with Crippen molar-refractivity contribution in [1.82, 2.24) is 5.32 Å². The van der Waals surface area contributed by atoms with Crippen LogP contribution in [0.2, 0.25) is 5.02 Å². The van der Waals surface area contributed by atoms with Crippen LogP contribution in [0.15, 0.2) is 53.7 Å². The fourth-order valence-corrected chi connectivity index (χ4v) is 1.96. The molecule has 0 radical (unpaired) electrons. The molecule has 0 bridgehead atoms. The Kier molecular flexibility index (Phi) is 7.16. The van der Waals surface area contributed by atoms with Gasteiger partial charge in [-0.2, -0.15) is 8.78 Å². The zero-order valence-corrected chi connectivity index (χ0v) is 13.7. The Hall–Kier alpha value is -2.67. The number of carbonyl (C=O) groups is 1. The van der Waals surface area contributed by atoms with Gasteiger partial charge in [0.1, 0.15) is 5.75 Å². The van der Waals surface area contributed by atoms with Crippen molar-refractivity contribution in [2.45, 2.75) is 13.2 Å². The van der Waals surface area contributed by atoms with Gasteiger partial charge in [0.05, 0.1) is 6.21 Å². The van der Waals surface area contributed by atoms with Crippen LogP contribution in [0, 0.1) is 0 Å². The number of oxime groups is 1. The van der Waals surface area contributed by atoms with Crippen LogP contribution in [-0.2, 0) is 16.2 Å². The number of rotatable bonds is 8. The fraction of sp³-hybridized carbons (Fsp3) is 0.176. The molecule has 132 valence electrons. The molecule has 8 heteroatoms. The van der Waals surface area contributed by atoms with E-state index in [4.69, 9.17) is 16.4 Å². The number of para-hydroxylation sites is 1. The number of alkyl halides is 2. The van der Waals surface area contributed by atoms with Crippen molar-refractivity contribution >= 4 is 23.7 Å². The second-order valence-corrected chi connectivity index (χ2v) is 5.26. The van der Waals surface area contributed by atoms with Gasteiger partial charge in [-0.05, 0) is 29.8 Å². The number of hydrogen-bond acceptors (Lipinski definition) is 4. The first-order valence-electron chi connectivity index (χ1n) is 7.25. The number of nitrogens with one attached hydrogen (secondary N) is 1. The van der Waals surface area contributed by atoms with E-state index in [9.17, 15) is 13.6 Å². The number of ether oxygens (including phenoxy) is 1. The van der Waals surface area contributed by atoms with Gasteiger partial charge >= 0.3 is 6.61 Å². The second kappa shape index (κ2) is 9.58. The molecule has 0 saturated heterocycles. The lowest BCUT2D eigenvalue weighted by Crippen LogP contribution is -2.26. The summed E-state index contributed by atoms with van der Waals surface area (Å²) in [4.78, 5) is 16.5. The van der Waals surface area contributed by atoms with Gasteiger partial charge in [0.25, 0.3) is 5.91 Å². The molecule has 0 fully saturated rings. The highest BCUT2D eigenvalue weighted by atomic mass is 35.5. The summed E-state index contributed by atoms with van der Waals surface area (Å²) >= 11 is 5.77. The lowest BCUT2D eigenvalue weighted by molar-refractivity contribution is -0.125. The number of hydrogen-bond donors (Lipinski definition) is 1. The quantitative estimate of drug-likeness (QED) is 0.572. The van der Waals surface area contributed by atoms with Crippen LogP contribution in [-0.4, -0.2) is 25.3 Å². The smallest absolute Gasteiger partial charge is 0.387 e. The highest BCUT2D eigenvalue weighted by Gasteiger charge is 2.07. The normalized spacial score (nSPS) is 10.9. The maximum Gasteiger partial charge on any atom is 0.387 e. The van der Waals surface area contributed by atoms with Crippen molar-refractivity contribution in [2.24, 2.45) is 5.16 Å². The minimum atomic E-state index is -2.94. The molecule has 0 spiro atoms. The number of benzene rings is 2. The summed E-state index contributed by atoms with van der Waals surface area (Å²) in [7, 11) is 0. The molecule has 0 aliphatic heterocycles. The van der Waals surface area contributed by atoms with E-state index in [0.29, 0.717) is 17.1 Å². The number of amides is 1. The zero-order valence-electron chi connectivity index (χ0n) is 13.0.